The van der Waals surface area contributed by atoms with Gasteiger partial charge in [0.2, 0.25) is 0 Å². The number of nitrogens with zero attached hydrogens (tertiary/aromatic N) is 12. The number of rotatable bonds is 30. The normalized spacial score (nSPS) is 11.7. The first kappa shape index (κ1) is 65.9. The van der Waals surface area contributed by atoms with E-state index in [9.17, 15) is 14.4 Å². The highest BCUT2D eigenvalue weighted by atomic mass is 16.5. The van der Waals surface area contributed by atoms with Gasteiger partial charge in [0.25, 0.3) is 17.7 Å². The van der Waals surface area contributed by atoms with Gasteiger partial charge in [-0.15, -0.1) is 0 Å². The number of aryl methyl sites for hydroxylation is 2. The predicted molar refractivity (Wildman–Crippen MR) is 349 cm³/mol. The van der Waals surface area contributed by atoms with E-state index in [1.807, 2.05) is 147 Å². The monoisotopic (exact) mass is 1270 g/mol. The van der Waals surface area contributed by atoms with Gasteiger partial charge >= 0.3 is 0 Å². The summed E-state index contributed by atoms with van der Waals surface area (Å²) in [7, 11) is 0. The number of oxazole rings is 2. The zero-order chi connectivity index (χ0) is 64.9. The van der Waals surface area contributed by atoms with Crippen LogP contribution in [0.25, 0.3) is 34.0 Å². The third-order valence-corrected chi connectivity index (χ3v) is 14.5. The molecule has 8 aromatic heterocycles. The molecule has 3 amide bonds. The number of carbonyl (C=O) groups is 3. The Kier molecular flexibility index (Phi) is 24.5. The summed E-state index contributed by atoms with van der Waals surface area (Å²) in [5.41, 5.74) is 7.70. The van der Waals surface area contributed by atoms with Crippen molar-refractivity contribution in [3.63, 3.8) is 0 Å². The van der Waals surface area contributed by atoms with Crippen molar-refractivity contribution >= 4 is 23.9 Å². The second-order valence-electron chi connectivity index (χ2n) is 21.9. The summed E-state index contributed by atoms with van der Waals surface area (Å²) >= 11 is 0. The van der Waals surface area contributed by atoms with Crippen LogP contribution < -0.4 is 16.0 Å². The van der Waals surface area contributed by atoms with Crippen LogP contribution >= 0.6 is 0 Å². The Morgan fingerprint density at radius 1 is 0.468 bits per heavy atom. The van der Waals surface area contributed by atoms with Gasteiger partial charge in [-0.2, -0.15) is 0 Å². The van der Waals surface area contributed by atoms with Gasteiger partial charge in [0.05, 0.1) is 49.6 Å². The maximum absolute atomic E-state index is 12.4. The lowest BCUT2D eigenvalue weighted by atomic mass is 10.1. The molecule has 9 heterocycles. The molecular formula is C70H73N15O9. The average Bonchev–Trinajstić information content (AvgIpc) is 4.10. The summed E-state index contributed by atoms with van der Waals surface area (Å²) < 4.78 is 32.1. The first-order chi connectivity index (χ1) is 46.1. The number of hydrogen-bond donors (Lipinski definition) is 3. The molecule has 11 aromatic rings. The number of aromatic nitrogens is 8. The molecule has 24 nitrogen and oxygen atoms in total. The number of nitrogens with one attached hydrogen (secondary N) is 3. The van der Waals surface area contributed by atoms with Gasteiger partial charge in [0.1, 0.15) is 17.8 Å². The maximum atomic E-state index is 12.4. The first-order valence-corrected chi connectivity index (χ1v) is 30.9. The maximum Gasteiger partial charge on any atom is 0.273 e. The van der Waals surface area contributed by atoms with Crippen molar-refractivity contribution in [2.75, 3.05) is 52.4 Å². The molecule has 0 radical (unpaired) electrons. The minimum absolute atomic E-state index is 0.239. The topological polar surface area (TPSA) is 291 Å². The summed E-state index contributed by atoms with van der Waals surface area (Å²) in [6, 6.07) is 45.5. The molecule has 1 aliphatic heterocycles. The molecule has 482 valence electrons. The Balaban J connectivity index is 0.000000154. The summed E-state index contributed by atoms with van der Waals surface area (Å²) in [4.78, 5) is 65.4. The molecule has 0 bridgehead atoms. The standard InChI is InChI=1S/C25H25N5O2.C23H25N5O4.C22H23N5O3/c31-25(23-17-24(32-29-23)20-9-2-1-3-10-20)28-15-8-16-30(18-21-11-4-6-13-26-21)19-22-12-5-7-14-27-22;1-16-25-12-19(30-16)14-28(15-20-13-26-17(2)31-20)10-6-9-24-23(29)21-11-22(32-27-21)18-7-4-3-5-8-18;28-22(20-11-21(30-26-20)19-5-2-1-3-6-19)24-8-4-10-27(14-17-7-9-23-12-17)15-18-13-25-29-16-18/h1-7,9-14,17H,8,15-16,18-19H2,(H,28,31);3-5,7-8,11-13H,6,9-10,14-15H2,1-2H3,(H,24,29);1-3,5-7,11-13,16H,4,8-10,14-15H2,(H,24,28). The van der Waals surface area contributed by atoms with Crippen LogP contribution in [0.2, 0.25) is 0 Å². The Morgan fingerprint density at radius 3 is 1.24 bits per heavy atom. The quantitative estimate of drug-likeness (QED) is 0.0353. The first-order valence-electron chi connectivity index (χ1n) is 30.9. The van der Waals surface area contributed by atoms with Gasteiger partial charge < -0.3 is 42.9 Å². The Bertz CT molecular complexity index is 4010. The fourth-order valence-corrected chi connectivity index (χ4v) is 9.95. The predicted octanol–water partition coefficient (Wildman–Crippen LogP) is 10.7. The van der Waals surface area contributed by atoms with Gasteiger partial charge in [0, 0.05) is 138 Å². The van der Waals surface area contributed by atoms with Crippen LogP contribution in [0.1, 0.15) is 91.0 Å². The molecule has 0 atom stereocenters. The Labute approximate surface area is 543 Å². The molecule has 1 aliphatic rings. The second-order valence-corrected chi connectivity index (χ2v) is 21.9. The van der Waals surface area contributed by atoms with Gasteiger partial charge in [0.15, 0.2) is 46.1 Å². The van der Waals surface area contributed by atoms with Crippen LogP contribution in [0, 0.1) is 13.8 Å². The fourth-order valence-electron chi connectivity index (χ4n) is 9.95. The van der Waals surface area contributed by atoms with Gasteiger partial charge in [-0.3, -0.25) is 44.0 Å². The van der Waals surface area contributed by atoms with Crippen molar-refractivity contribution in [1.29, 1.82) is 0 Å². The SMILES string of the molecule is Cc1ncc(CN(CCCNC(=O)c2cc(-c3ccccc3)on2)Cc2cnc(C)o2)o1.O=C(NCCCN(CC1=CCN=C1)Cc1cnoc1)c1cc(-c2ccccc2)on1.O=C(NCCCN(Cc1ccccn1)Cc1ccccn1)c1cc(-c2ccccc2)on1. The van der Waals surface area contributed by atoms with E-state index in [1.54, 1.807) is 55.4 Å². The van der Waals surface area contributed by atoms with Crippen molar-refractivity contribution < 1.29 is 41.3 Å². The van der Waals surface area contributed by atoms with Gasteiger partial charge in [-0.1, -0.05) is 130 Å². The molecule has 94 heavy (non-hydrogen) atoms. The van der Waals surface area contributed by atoms with Crippen LogP contribution in [-0.2, 0) is 32.7 Å². The van der Waals surface area contributed by atoms with Gasteiger partial charge in [-0.05, 0) is 49.1 Å². The van der Waals surface area contributed by atoms with Crippen LogP contribution in [-0.4, -0.2) is 132 Å². The van der Waals surface area contributed by atoms with Crippen molar-refractivity contribution in [1.82, 2.24) is 71.2 Å². The zero-order valence-electron chi connectivity index (χ0n) is 52.3. The molecule has 3 N–H and O–H groups in total. The molecule has 0 unspecified atom stereocenters. The lowest BCUT2D eigenvalue weighted by molar-refractivity contribution is 0.0933. The van der Waals surface area contributed by atoms with E-state index in [1.165, 1.54) is 5.57 Å². The van der Waals surface area contributed by atoms with Crippen molar-refractivity contribution in [2.45, 2.75) is 65.8 Å². The molecule has 0 saturated heterocycles. The molecule has 0 fully saturated rings. The Hall–Kier alpha value is -11.1. The van der Waals surface area contributed by atoms with Crippen LogP contribution in [0.3, 0.4) is 0 Å². The van der Waals surface area contributed by atoms with Crippen LogP contribution in [0.5, 0.6) is 0 Å². The van der Waals surface area contributed by atoms with E-state index in [0.29, 0.717) is 68.3 Å². The number of carbonyl (C=O) groups excluding carboxylic acids is 3. The summed E-state index contributed by atoms with van der Waals surface area (Å²) in [5.74, 6) is 3.78. The molecule has 3 aromatic carbocycles. The zero-order valence-corrected chi connectivity index (χ0v) is 52.3. The summed E-state index contributed by atoms with van der Waals surface area (Å²) in [6.45, 7) is 12.4. The van der Waals surface area contributed by atoms with Crippen molar-refractivity contribution in [2.24, 2.45) is 4.99 Å². The fraction of sp³-hybridized carbons (Fsp3) is 0.257. The smallest absolute Gasteiger partial charge is 0.273 e. The van der Waals surface area contributed by atoms with Crippen LogP contribution in [0.15, 0.2) is 226 Å². The van der Waals surface area contributed by atoms with E-state index in [4.69, 9.17) is 26.9 Å². The third-order valence-electron chi connectivity index (χ3n) is 14.5. The lowest BCUT2D eigenvalue weighted by Gasteiger charge is -2.21. The molecule has 0 aliphatic carbocycles. The van der Waals surface area contributed by atoms with Crippen LogP contribution in [0.4, 0.5) is 0 Å². The summed E-state index contributed by atoms with van der Waals surface area (Å²) in [5, 5.41) is 24.2. The molecular weight excluding hydrogens is 1190 g/mol. The molecule has 0 saturated carbocycles. The van der Waals surface area contributed by atoms with Crippen molar-refractivity contribution in [3.05, 3.63) is 252 Å². The van der Waals surface area contributed by atoms with E-state index in [-0.39, 0.29) is 34.8 Å². The molecule has 0 spiro atoms. The lowest BCUT2D eigenvalue weighted by Crippen LogP contribution is -2.31. The number of amides is 3. The third kappa shape index (κ3) is 21.0. The minimum Gasteiger partial charge on any atom is -0.445 e. The molecule has 12 rings (SSSR count). The minimum atomic E-state index is -0.265. The van der Waals surface area contributed by atoms with E-state index in [0.717, 1.165) is 110 Å². The summed E-state index contributed by atoms with van der Waals surface area (Å²) in [6.07, 6.45) is 16.8. The van der Waals surface area contributed by atoms with E-state index < -0.39 is 0 Å². The Morgan fingerprint density at radius 2 is 0.883 bits per heavy atom. The number of benzene rings is 3. The number of hydrogen-bond acceptors (Lipinski definition) is 21. The van der Waals surface area contributed by atoms with E-state index >= 15 is 0 Å². The van der Waals surface area contributed by atoms with Gasteiger partial charge in [-0.25, -0.2) is 9.97 Å². The number of aliphatic imine (C=N–C) groups is 1. The largest absolute Gasteiger partial charge is 0.445 e. The highest BCUT2D eigenvalue weighted by Gasteiger charge is 2.19. The average molecular weight is 1270 g/mol. The molecule has 24 heteroatoms. The second kappa shape index (κ2) is 34.9. The van der Waals surface area contributed by atoms with E-state index in [2.05, 4.69) is 82.3 Å². The van der Waals surface area contributed by atoms with Crippen molar-refractivity contribution in [3.8, 4) is 34.0 Å². The highest BCUT2D eigenvalue weighted by Crippen LogP contribution is 2.23. The number of pyridine rings is 2. The highest BCUT2D eigenvalue weighted by molar-refractivity contribution is 5.94.